The van der Waals surface area contributed by atoms with Crippen LogP contribution in [-0.2, 0) is 16.0 Å². The highest BCUT2D eigenvalue weighted by Gasteiger charge is 2.24. The summed E-state index contributed by atoms with van der Waals surface area (Å²) in [6.45, 7) is 5.28. The predicted molar refractivity (Wildman–Crippen MR) is 121 cm³/mol. The largest absolute Gasteiger partial charge is 0.357 e. The number of carbonyl (C=O) groups excluding carboxylic acids is 2. The molecule has 30 heavy (non-hydrogen) atoms. The van der Waals surface area contributed by atoms with E-state index in [0.29, 0.717) is 25.5 Å². The first kappa shape index (κ1) is 21.4. The first-order valence-corrected chi connectivity index (χ1v) is 10.4. The Bertz CT molecular complexity index is 925. The topological polar surface area (TPSA) is 94.6 Å². The van der Waals surface area contributed by atoms with Crippen molar-refractivity contribution in [1.82, 2.24) is 10.6 Å². The summed E-state index contributed by atoms with van der Waals surface area (Å²) in [5.41, 5.74) is 3.91. The summed E-state index contributed by atoms with van der Waals surface area (Å²) in [6, 6.07) is 15.6. The molecule has 1 heterocycles. The molecule has 1 unspecified atom stereocenters. The number of rotatable bonds is 7. The van der Waals surface area contributed by atoms with Crippen LogP contribution in [0.1, 0.15) is 37.3 Å². The Labute approximate surface area is 177 Å². The Morgan fingerprint density at radius 2 is 1.97 bits per heavy atom. The van der Waals surface area contributed by atoms with Gasteiger partial charge < -0.3 is 21.3 Å². The van der Waals surface area contributed by atoms with Crippen molar-refractivity contribution in [3.05, 3.63) is 59.7 Å². The van der Waals surface area contributed by atoms with Crippen LogP contribution in [0.25, 0.3) is 0 Å². The van der Waals surface area contributed by atoms with Crippen molar-refractivity contribution in [2.24, 2.45) is 4.99 Å². The van der Waals surface area contributed by atoms with E-state index in [-0.39, 0.29) is 24.3 Å². The molecule has 0 aromatic heterocycles. The molecule has 7 nitrogen and oxygen atoms in total. The van der Waals surface area contributed by atoms with Crippen molar-refractivity contribution in [2.45, 2.75) is 32.6 Å². The van der Waals surface area contributed by atoms with Gasteiger partial charge in [-0.15, -0.1) is 0 Å². The SMILES string of the molecule is CCNC(=NCC(=O)Nc1cccc(CC)c1)NCC1CC(=O)Nc2ccccc21. The van der Waals surface area contributed by atoms with Crippen LogP contribution in [0.2, 0.25) is 0 Å². The summed E-state index contributed by atoms with van der Waals surface area (Å²) in [6.07, 6.45) is 1.33. The second-order valence-corrected chi connectivity index (χ2v) is 7.21. The predicted octanol–water partition coefficient (Wildman–Crippen LogP) is 2.87. The molecule has 0 radical (unpaired) electrons. The fraction of sp³-hybridized carbons (Fsp3) is 0.348. The molecule has 0 bridgehead atoms. The van der Waals surface area contributed by atoms with Crippen LogP contribution in [0.15, 0.2) is 53.5 Å². The van der Waals surface area contributed by atoms with Crippen LogP contribution < -0.4 is 21.3 Å². The van der Waals surface area contributed by atoms with E-state index in [1.165, 1.54) is 5.56 Å². The van der Waals surface area contributed by atoms with Gasteiger partial charge in [-0.1, -0.05) is 37.3 Å². The van der Waals surface area contributed by atoms with Crippen molar-refractivity contribution in [1.29, 1.82) is 0 Å². The van der Waals surface area contributed by atoms with E-state index in [1.807, 2.05) is 55.5 Å². The molecule has 7 heteroatoms. The third-order valence-electron chi connectivity index (χ3n) is 4.97. The standard InChI is InChI=1S/C23H29N5O2/c1-3-16-8-7-9-18(12-16)27-22(30)15-26-23(24-4-2)25-14-17-13-21(29)28-20-11-6-5-10-19(17)20/h5-12,17H,3-4,13-15H2,1-2H3,(H,27,30)(H,28,29)(H2,24,25,26). The summed E-state index contributed by atoms with van der Waals surface area (Å²) in [7, 11) is 0. The number of hydrogen-bond acceptors (Lipinski definition) is 3. The van der Waals surface area contributed by atoms with E-state index in [1.54, 1.807) is 0 Å². The summed E-state index contributed by atoms with van der Waals surface area (Å²) < 4.78 is 0. The van der Waals surface area contributed by atoms with Crippen LogP contribution in [0, 0.1) is 0 Å². The number of anilines is 2. The summed E-state index contributed by atoms with van der Waals surface area (Å²) in [5, 5.41) is 12.2. The van der Waals surface area contributed by atoms with Crippen molar-refractivity contribution < 1.29 is 9.59 Å². The van der Waals surface area contributed by atoms with Crippen LogP contribution in [0.3, 0.4) is 0 Å². The highest BCUT2D eigenvalue weighted by atomic mass is 16.2. The Balaban J connectivity index is 1.59. The first-order chi connectivity index (χ1) is 14.6. The number of carbonyl (C=O) groups is 2. The fourth-order valence-electron chi connectivity index (χ4n) is 3.47. The number of fused-ring (bicyclic) bond motifs is 1. The van der Waals surface area contributed by atoms with Gasteiger partial charge in [-0.3, -0.25) is 9.59 Å². The molecule has 0 aliphatic carbocycles. The fourth-order valence-corrected chi connectivity index (χ4v) is 3.47. The smallest absolute Gasteiger partial charge is 0.246 e. The lowest BCUT2D eigenvalue weighted by molar-refractivity contribution is -0.117. The van der Waals surface area contributed by atoms with E-state index in [9.17, 15) is 9.59 Å². The summed E-state index contributed by atoms with van der Waals surface area (Å²) in [4.78, 5) is 28.7. The third-order valence-corrected chi connectivity index (χ3v) is 4.97. The molecule has 1 aliphatic rings. The molecule has 2 aromatic carbocycles. The van der Waals surface area contributed by atoms with Gasteiger partial charge in [0.1, 0.15) is 6.54 Å². The lowest BCUT2D eigenvalue weighted by Crippen LogP contribution is -2.41. The van der Waals surface area contributed by atoms with E-state index in [2.05, 4.69) is 33.2 Å². The Hall–Kier alpha value is -3.35. The average Bonchev–Trinajstić information content (AvgIpc) is 2.75. The van der Waals surface area contributed by atoms with Gasteiger partial charge in [0.15, 0.2) is 5.96 Å². The molecule has 3 rings (SSSR count). The molecule has 0 fully saturated rings. The minimum absolute atomic E-state index is 0.00737. The molecule has 1 atom stereocenters. The Kier molecular flexibility index (Phi) is 7.43. The minimum atomic E-state index is -0.178. The Morgan fingerprint density at radius 3 is 2.77 bits per heavy atom. The van der Waals surface area contributed by atoms with E-state index in [0.717, 1.165) is 23.4 Å². The maximum absolute atomic E-state index is 12.3. The minimum Gasteiger partial charge on any atom is -0.357 e. The maximum Gasteiger partial charge on any atom is 0.246 e. The number of hydrogen-bond donors (Lipinski definition) is 4. The van der Waals surface area contributed by atoms with Crippen LogP contribution >= 0.6 is 0 Å². The molecule has 0 spiro atoms. The van der Waals surface area contributed by atoms with Crippen molar-refractivity contribution in [2.75, 3.05) is 30.3 Å². The van der Waals surface area contributed by atoms with E-state index >= 15 is 0 Å². The number of guanidine groups is 1. The zero-order valence-electron chi connectivity index (χ0n) is 17.5. The number of aryl methyl sites for hydroxylation is 1. The lowest BCUT2D eigenvalue weighted by atomic mass is 9.90. The van der Waals surface area contributed by atoms with Crippen LogP contribution in [-0.4, -0.2) is 37.4 Å². The number of nitrogens with one attached hydrogen (secondary N) is 4. The molecule has 4 N–H and O–H groups in total. The molecule has 0 saturated heterocycles. The molecular weight excluding hydrogens is 378 g/mol. The zero-order valence-corrected chi connectivity index (χ0v) is 17.5. The normalized spacial score (nSPS) is 15.7. The highest BCUT2D eigenvalue weighted by Crippen LogP contribution is 2.31. The second kappa shape index (κ2) is 10.4. The monoisotopic (exact) mass is 407 g/mol. The van der Waals surface area contributed by atoms with Gasteiger partial charge in [0.25, 0.3) is 0 Å². The van der Waals surface area contributed by atoms with Gasteiger partial charge in [0.05, 0.1) is 0 Å². The highest BCUT2D eigenvalue weighted by molar-refractivity contribution is 5.95. The molecule has 158 valence electrons. The number of nitrogens with zero attached hydrogens (tertiary/aromatic N) is 1. The third kappa shape index (κ3) is 5.83. The summed E-state index contributed by atoms with van der Waals surface area (Å²) >= 11 is 0. The molecule has 2 aromatic rings. The molecular formula is C23H29N5O2. The van der Waals surface area contributed by atoms with Crippen LogP contribution in [0.4, 0.5) is 11.4 Å². The maximum atomic E-state index is 12.3. The van der Waals surface area contributed by atoms with Gasteiger partial charge >= 0.3 is 0 Å². The van der Waals surface area contributed by atoms with Crippen molar-refractivity contribution in [3.8, 4) is 0 Å². The zero-order chi connectivity index (χ0) is 21.3. The summed E-state index contributed by atoms with van der Waals surface area (Å²) in [5.74, 6) is 0.432. The average molecular weight is 408 g/mol. The van der Waals surface area contributed by atoms with Crippen molar-refractivity contribution >= 4 is 29.1 Å². The first-order valence-electron chi connectivity index (χ1n) is 10.4. The van der Waals surface area contributed by atoms with Gasteiger partial charge in [0.2, 0.25) is 11.8 Å². The number of benzene rings is 2. The van der Waals surface area contributed by atoms with E-state index < -0.39 is 0 Å². The second-order valence-electron chi connectivity index (χ2n) is 7.21. The number of aliphatic imine (C=N–C) groups is 1. The lowest BCUT2D eigenvalue weighted by Gasteiger charge is -2.26. The number of para-hydroxylation sites is 1. The van der Waals surface area contributed by atoms with Crippen LogP contribution in [0.5, 0.6) is 0 Å². The number of amides is 2. The quantitative estimate of drug-likeness (QED) is 0.419. The van der Waals surface area contributed by atoms with Crippen molar-refractivity contribution in [3.63, 3.8) is 0 Å². The van der Waals surface area contributed by atoms with Gasteiger partial charge in [-0.05, 0) is 42.7 Å². The molecule has 2 amide bonds. The van der Waals surface area contributed by atoms with Gasteiger partial charge in [-0.25, -0.2) is 4.99 Å². The molecule has 0 saturated carbocycles. The van der Waals surface area contributed by atoms with E-state index in [4.69, 9.17) is 0 Å². The Morgan fingerprint density at radius 1 is 1.13 bits per heavy atom. The van der Waals surface area contributed by atoms with Gasteiger partial charge in [-0.2, -0.15) is 0 Å². The van der Waals surface area contributed by atoms with Gasteiger partial charge in [0, 0.05) is 36.8 Å². The molecule has 1 aliphatic heterocycles.